The highest BCUT2D eigenvalue weighted by Crippen LogP contribution is 2.59. The van der Waals surface area contributed by atoms with Crippen molar-refractivity contribution in [1.82, 2.24) is 0 Å². The number of ether oxygens (including phenoxy) is 1. The maximum atomic E-state index is 14.9. The highest BCUT2D eigenvalue weighted by Gasteiger charge is 2.46. The molecule has 0 N–H and O–H groups in total. The Morgan fingerprint density at radius 2 is 1.00 bits per heavy atom. The first-order valence-corrected chi connectivity index (χ1v) is 16.5. The van der Waals surface area contributed by atoms with E-state index in [-0.39, 0.29) is 29.4 Å². The van der Waals surface area contributed by atoms with Crippen LogP contribution in [0, 0.1) is 5.82 Å². The third-order valence-corrected chi connectivity index (χ3v) is 12.3. The molecule has 232 valence electrons. The molecule has 0 saturated heterocycles. The second-order valence-corrected chi connectivity index (χ2v) is 14.3. The van der Waals surface area contributed by atoms with E-state index in [9.17, 15) is 17.6 Å². The molecule has 0 aliphatic rings. The van der Waals surface area contributed by atoms with Gasteiger partial charge < -0.3 is 21.7 Å². The fourth-order valence-electron chi connectivity index (χ4n) is 5.64. The van der Waals surface area contributed by atoms with E-state index < -0.39 is 19.0 Å². The van der Waals surface area contributed by atoms with Crippen molar-refractivity contribution in [1.29, 1.82) is 0 Å². The van der Waals surface area contributed by atoms with Gasteiger partial charge in [-0.25, -0.2) is 4.39 Å². The zero-order valence-corrected chi connectivity index (χ0v) is 27.2. The van der Waals surface area contributed by atoms with E-state index in [2.05, 4.69) is 36.4 Å². The number of rotatable bonds is 9. The predicted molar refractivity (Wildman–Crippen MR) is 176 cm³/mol. The van der Waals surface area contributed by atoms with Gasteiger partial charge in [-0.1, -0.05) is 91.0 Å². The van der Waals surface area contributed by atoms with Crippen LogP contribution in [0.5, 0.6) is 5.75 Å². The number of benzene rings is 6. The van der Waals surface area contributed by atoms with Crippen LogP contribution in [0.4, 0.5) is 17.6 Å². The van der Waals surface area contributed by atoms with Crippen molar-refractivity contribution in [3.05, 3.63) is 180 Å². The molecule has 0 atom stereocenters. The first kappa shape index (κ1) is 33.1. The Hall–Kier alpha value is -4.25. The van der Waals surface area contributed by atoms with Crippen LogP contribution in [0.15, 0.2) is 158 Å². The number of halogens is 5. The first-order chi connectivity index (χ1) is 21.8. The Morgan fingerprint density at radius 3 is 1.46 bits per heavy atom. The van der Waals surface area contributed by atoms with Crippen molar-refractivity contribution in [2.24, 2.45) is 0 Å². The predicted octanol–water partition coefficient (Wildman–Crippen LogP) is 6.59. The normalized spacial score (nSPS) is 11.5. The molecule has 1 nitrogen and oxygen atoms in total. The monoisotopic (exact) mass is 700 g/mol. The van der Waals surface area contributed by atoms with E-state index >= 15 is 0 Å². The van der Waals surface area contributed by atoms with E-state index in [0.717, 1.165) is 28.8 Å². The van der Waals surface area contributed by atoms with Gasteiger partial charge in [-0.3, -0.25) is 0 Å². The highest BCUT2D eigenvalue weighted by molar-refractivity contribution is 7.95. The van der Waals surface area contributed by atoms with Crippen LogP contribution in [-0.2, 0) is 18.9 Å². The molecule has 0 fully saturated rings. The molecule has 6 aromatic carbocycles. The van der Waals surface area contributed by atoms with Gasteiger partial charge in [-0.15, -0.1) is 0 Å². The van der Waals surface area contributed by atoms with Crippen molar-refractivity contribution in [3.63, 3.8) is 0 Å². The Morgan fingerprint density at radius 1 is 0.543 bits per heavy atom. The summed E-state index contributed by atoms with van der Waals surface area (Å²) in [6.07, 6.45) is -3.81. The molecule has 7 heteroatoms. The first-order valence-electron chi connectivity index (χ1n) is 14.6. The lowest BCUT2D eigenvalue weighted by molar-refractivity contribution is -0.137. The molecular formula is C39H30BrF4OP. The maximum absolute atomic E-state index is 14.9. The summed E-state index contributed by atoms with van der Waals surface area (Å²) < 4.78 is 60.1. The molecular weight excluding hydrogens is 671 g/mol. The third-order valence-electron chi connectivity index (χ3n) is 7.91. The van der Waals surface area contributed by atoms with Gasteiger partial charge in [0.05, 0.1) is 5.56 Å². The zero-order valence-electron chi connectivity index (χ0n) is 24.7. The van der Waals surface area contributed by atoms with Crippen molar-refractivity contribution >= 4 is 23.2 Å². The summed E-state index contributed by atoms with van der Waals surface area (Å²) in [7, 11) is -2.29. The summed E-state index contributed by atoms with van der Waals surface area (Å²) in [5, 5.41) is 3.57. The summed E-state index contributed by atoms with van der Waals surface area (Å²) >= 11 is 0. The number of alkyl halides is 3. The van der Waals surface area contributed by atoms with E-state index in [1.807, 2.05) is 78.9 Å². The molecule has 0 spiro atoms. The molecule has 0 heterocycles. The lowest BCUT2D eigenvalue weighted by Gasteiger charge is -2.28. The van der Waals surface area contributed by atoms with Crippen molar-refractivity contribution < 1.29 is 39.3 Å². The minimum Gasteiger partial charge on any atom is -1.00 e. The second-order valence-electron chi connectivity index (χ2n) is 10.8. The van der Waals surface area contributed by atoms with Crippen LogP contribution < -0.4 is 37.6 Å². The van der Waals surface area contributed by atoms with E-state index in [4.69, 9.17) is 4.74 Å². The topological polar surface area (TPSA) is 9.23 Å². The minimum absolute atomic E-state index is 0. The summed E-state index contributed by atoms with van der Waals surface area (Å²) in [4.78, 5) is 0. The Labute approximate surface area is 277 Å². The van der Waals surface area contributed by atoms with Gasteiger partial charge in [0.25, 0.3) is 0 Å². The molecule has 0 radical (unpaired) electrons. The van der Waals surface area contributed by atoms with Crippen LogP contribution in [0.1, 0.15) is 16.7 Å². The van der Waals surface area contributed by atoms with Crippen LogP contribution >= 0.6 is 7.26 Å². The molecule has 0 unspecified atom stereocenters. The molecule has 0 saturated carbocycles. The average molecular weight is 702 g/mol. The standard InChI is InChI=1S/C39H30F4OP.BrH/c40-34-24-25-38(44-27-29-16-18-30(19-17-29)31-20-22-33(23-21-31)39(41,42)43)32(26-34)28-45(35-10-4-1-5-11-35,36-12-6-2-7-13-36)37-14-8-3-9-15-37;/h1-26H,27-28H2;1H/q+1;/p-1. The van der Waals surface area contributed by atoms with Crippen LogP contribution in [0.25, 0.3) is 11.1 Å². The fourth-order valence-corrected chi connectivity index (χ4v) is 9.89. The van der Waals surface area contributed by atoms with E-state index in [1.165, 1.54) is 34.1 Å². The Balaban J connectivity index is 0.00000417. The van der Waals surface area contributed by atoms with Gasteiger partial charge in [-0.05, 0) is 83.4 Å². The molecule has 0 amide bonds. The van der Waals surface area contributed by atoms with Gasteiger partial charge in [0.2, 0.25) is 0 Å². The molecule has 0 aliphatic carbocycles. The zero-order chi connectivity index (χ0) is 31.3. The largest absolute Gasteiger partial charge is 1.00 e. The maximum Gasteiger partial charge on any atom is 0.416 e. The lowest BCUT2D eigenvalue weighted by atomic mass is 10.0. The molecule has 6 rings (SSSR count). The molecule has 6 aromatic rings. The van der Waals surface area contributed by atoms with Crippen molar-refractivity contribution in [2.75, 3.05) is 0 Å². The van der Waals surface area contributed by atoms with Gasteiger partial charge in [0.1, 0.15) is 47.5 Å². The fraction of sp³-hybridized carbons (Fsp3) is 0.0769. The quantitative estimate of drug-likeness (QED) is 0.122. The number of hydrogen-bond donors (Lipinski definition) is 0. The van der Waals surface area contributed by atoms with Crippen molar-refractivity contribution in [2.45, 2.75) is 18.9 Å². The van der Waals surface area contributed by atoms with Crippen LogP contribution in [0.3, 0.4) is 0 Å². The molecule has 0 aromatic heterocycles. The van der Waals surface area contributed by atoms with Crippen LogP contribution in [0.2, 0.25) is 0 Å². The summed E-state index contributed by atoms with van der Waals surface area (Å²) in [6.45, 7) is 0.249. The van der Waals surface area contributed by atoms with Gasteiger partial charge in [0, 0.05) is 5.56 Å². The average Bonchev–Trinajstić information content (AvgIpc) is 3.08. The van der Waals surface area contributed by atoms with Gasteiger partial charge >= 0.3 is 6.18 Å². The third kappa shape index (κ3) is 7.25. The van der Waals surface area contributed by atoms with Gasteiger partial charge in [0.15, 0.2) is 0 Å². The molecule has 46 heavy (non-hydrogen) atoms. The smallest absolute Gasteiger partial charge is 0.416 e. The SMILES string of the molecule is Fc1ccc(OCc2ccc(-c3ccc(C(F)(F)F)cc3)cc2)c(C[P+](c2ccccc2)(c2ccccc2)c2ccccc2)c1.[Br-]. The van der Waals surface area contributed by atoms with E-state index in [1.54, 1.807) is 12.1 Å². The highest BCUT2D eigenvalue weighted by atomic mass is 79.9. The number of hydrogen-bond acceptors (Lipinski definition) is 1. The summed E-state index contributed by atoms with van der Waals surface area (Å²) in [6, 6.07) is 48.6. The molecule has 0 bridgehead atoms. The Kier molecular flexibility index (Phi) is 10.4. The minimum atomic E-state index is -4.37. The van der Waals surface area contributed by atoms with Crippen molar-refractivity contribution in [3.8, 4) is 16.9 Å². The summed E-state index contributed by atoms with van der Waals surface area (Å²) in [5.41, 5.74) is 2.49. The second kappa shape index (κ2) is 14.5. The lowest BCUT2D eigenvalue weighted by Crippen LogP contribution is -3.00. The summed E-state index contributed by atoms with van der Waals surface area (Å²) in [5.74, 6) is 0.279. The van der Waals surface area contributed by atoms with Crippen LogP contribution in [-0.4, -0.2) is 0 Å². The van der Waals surface area contributed by atoms with E-state index in [0.29, 0.717) is 17.5 Å². The Bertz CT molecular complexity index is 1750. The molecule has 0 aliphatic heterocycles. The van der Waals surface area contributed by atoms with Gasteiger partial charge in [-0.2, -0.15) is 13.2 Å².